The van der Waals surface area contributed by atoms with Gasteiger partial charge in [0.05, 0.1) is 9.78 Å². The second kappa shape index (κ2) is 6.34. The minimum absolute atomic E-state index is 0.483. The largest absolute Gasteiger partial charge is 0.488 e. The van der Waals surface area contributed by atoms with Gasteiger partial charge in [0.1, 0.15) is 12.4 Å². The van der Waals surface area contributed by atoms with Crippen molar-refractivity contribution in [3.63, 3.8) is 0 Å². The Balaban J connectivity index is 2.06. The smallest absolute Gasteiger partial charge is 0.133 e. The van der Waals surface area contributed by atoms with Crippen LogP contribution in [0.3, 0.4) is 0 Å². The van der Waals surface area contributed by atoms with Crippen molar-refractivity contribution in [3.05, 3.63) is 57.4 Å². The molecule has 1 aromatic heterocycles. The molecule has 0 amide bonds. The number of benzene rings is 1. The number of halogens is 1. The van der Waals surface area contributed by atoms with E-state index in [9.17, 15) is 0 Å². The van der Waals surface area contributed by atoms with E-state index in [0.717, 1.165) is 20.4 Å². The van der Waals surface area contributed by atoms with Crippen molar-refractivity contribution in [2.75, 3.05) is 0 Å². The molecule has 0 fully saturated rings. The maximum Gasteiger partial charge on any atom is 0.133 e. The summed E-state index contributed by atoms with van der Waals surface area (Å²) in [4.78, 5) is 4.03. The second-order valence-corrected chi connectivity index (χ2v) is 4.75. The topological polar surface area (TPSA) is 54.7 Å². The zero-order chi connectivity index (χ0) is 12.8. The second-order valence-electron chi connectivity index (χ2n) is 3.58. The monoisotopic (exact) mass is 354 g/mol. The number of hydrogen-bond acceptors (Lipinski definition) is 4. The van der Waals surface area contributed by atoms with Gasteiger partial charge in [0.2, 0.25) is 0 Å². The van der Waals surface area contributed by atoms with Crippen LogP contribution in [0.1, 0.15) is 11.1 Å². The first-order chi connectivity index (χ1) is 8.79. The summed E-state index contributed by atoms with van der Waals surface area (Å²) in [6, 6.07) is 9.42. The van der Waals surface area contributed by atoms with Crippen LogP contribution in [0, 0.1) is 3.57 Å². The van der Waals surface area contributed by atoms with Gasteiger partial charge in [-0.05, 0) is 52.4 Å². The van der Waals surface area contributed by atoms with Crippen molar-refractivity contribution in [2.24, 2.45) is 5.16 Å². The molecule has 0 radical (unpaired) electrons. The molecule has 4 nitrogen and oxygen atoms in total. The van der Waals surface area contributed by atoms with E-state index in [-0.39, 0.29) is 0 Å². The molecule has 0 spiro atoms. The molecule has 2 rings (SSSR count). The Hall–Kier alpha value is -1.63. The quantitative estimate of drug-likeness (QED) is 0.397. The van der Waals surface area contributed by atoms with Gasteiger partial charge >= 0.3 is 0 Å². The SMILES string of the molecule is O/N=C/c1ccc(OCc2cccnc2)c(I)c1. The molecule has 0 aliphatic carbocycles. The number of pyridine rings is 1. The maximum absolute atomic E-state index is 8.46. The predicted molar refractivity (Wildman–Crippen MR) is 77.1 cm³/mol. The first-order valence-electron chi connectivity index (χ1n) is 5.28. The first-order valence-corrected chi connectivity index (χ1v) is 6.36. The molecule has 5 heteroatoms. The third-order valence-electron chi connectivity index (χ3n) is 2.28. The van der Waals surface area contributed by atoms with Gasteiger partial charge in [-0.3, -0.25) is 4.98 Å². The van der Waals surface area contributed by atoms with Crippen LogP contribution in [0.15, 0.2) is 47.9 Å². The first kappa shape index (κ1) is 12.8. The summed E-state index contributed by atoms with van der Waals surface area (Å²) in [5.41, 5.74) is 1.85. The molecule has 0 saturated heterocycles. The minimum Gasteiger partial charge on any atom is -0.488 e. The summed E-state index contributed by atoms with van der Waals surface area (Å²) < 4.78 is 6.67. The molecule has 92 valence electrons. The summed E-state index contributed by atoms with van der Waals surface area (Å²) in [5.74, 6) is 0.801. The van der Waals surface area contributed by atoms with E-state index < -0.39 is 0 Å². The lowest BCUT2D eigenvalue weighted by molar-refractivity contribution is 0.303. The molecule has 18 heavy (non-hydrogen) atoms. The summed E-state index contributed by atoms with van der Waals surface area (Å²) in [6.45, 7) is 0.483. The molecule has 1 aromatic carbocycles. The summed E-state index contributed by atoms with van der Waals surface area (Å²) in [7, 11) is 0. The Morgan fingerprint density at radius 1 is 1.39 bits per heavy atom. The van der Waals surface area contributed by atoms with Gasteiger partial charge in [-0.25, -0.2) is 0 Å². The Morgan fingerprint density at radius 2 is 2.28 bits per heavy atom. The molecule has 0 aliphatic heterocycles. The summed E-state index contributed by atoms with van der Waals surface area (Å²) in [6.07, 6.45) is 4.89. The van der Waals surface area contributed by atoms with Gasteiger partial charge in [0, 0.05) is 18.0 Å². The number of rotatable bonds is 4. The molecular formula is C13H11IN2O2. The molecule has 0 atom stereocenters. The Kier molecular flexibility index (Phi) is 4.52. The molecular weight excluding hydrogens is 343 g/mol. The summed E-state index contributed by atoms with van der Waals surface area (Å²) in [5, 5.41) is 11.5. The lowest BCUT2D eigenvalue weighted by Gasteiger charge is -2.08. The number of nitrogens with zero attached hydrogens (tertiary/aromatic N) is 2. The lowest BCUT2D eigenvalue weighted by atomic mass is 10.2. The van der Waals surface area contributed by atoms with E-state index in [1.807, 2.05) is 30.3 Å². The van der Waals surface area contributed by atoms with Gasteiger partial charge in [0.15, 0.2) is 0 Å². The Morgan fingerprint density at radius 3 is 2.94 bits per heavy atom. The lowest BCUT2D eigenvalue weighted by Crippen LogP contribution is -1.98. The molecule has 2 aromatic rings. The van der Waals surface area contributed by atoms with Crippen molar-refractivity contribution in [2.45, 2.75) is 6.61 Å². The van der Waals surface area contributed by atoms with E-state index in [4.69, 9.17) is 9.94 Å². The summed E-state index contributed by atoms with van der Waals surface area (Å²) >= 11 is 2.18. The van der Waals surface area contributed by atoms with Crippen LogP contribution in [0.25, 0.3) is 0 Å². The van der Waals surface area contributed by atoms with Crippen LogP contribution in [0.2, 0.25) is 0 Å². The highest BCUT2D eigenvalue weighted by Crippen LogP contribution is 2.22. The van der Waals surface area contributed by atoms with Crippen LogP contribution in [-0.2, 0) is 6.61 Å². The average Bonchev–Trinajstić information content (AvgIpc) is 2.39. The van der Waals surface area contributed by atoms with Crippen molar-refractivity contribution in [3.8, 4) is 5.75 Å². The normalized spacial score (nSPS) is 10.7. The molecule has 0 unspecified atom stereocenters. The highest BCUT2D eigenvalue weighted by molar-refractivity contribution is 14.1. The van der Waals surface area contributed by atoms with Crippen molar-refractivity contribution >= 4 is 28.8 Å². The van der Waals surface area contributed by atoms with Crippen LogP contribution >= 0.6 is 22.6 Å². The van der Waals surface area contributed by atoms with Crippen molar-refractivity contribution in [1.29, 1.82) is 0 Å². The third-order valence-corrected chi connectivity index (χ3v) is 3.12. The van der Waals surface area contributed by atoms with E-state index in [1.54, 1.807) is 12.4 Å². The number of aromatic nitrogens is 1. The average molecular weight is 354 g/mol. The van der Waals surface area contributed by atoms with Gasteiger partial charge in [-0.15, -0.1) is 0 Å². The van der Waals surface area contributed by atoms with Crippen molar-refractivity contribution < 1.29 is 9.94 Å². The highest BCUT2D eigenvalue weighted by Gasteiger charge is 2.02. The number of hydrogen-bond donors (Lipinski definition) is 1. The highest BCUT2D eigenvalue weighted by atomic mass is 127. The zero-order valence-electron chi connectivity index (χ0n) is 9.45. The fourth-order valence-corrected chi connectivity index (χ4v) is 2.12. The fraction of sp³-hybridized carbons (Fsp3) is 0.0769. The molecule has 0 aliphatic rings. The molecule has 0 bridgehead atoms. The van der Waals surface area contributed by atoms with Gasteiger partial charge in [-0.1, -0.05) is 11.2 Å². The molecule has 0 saturated carbocycles. The standard InChI is InChI=1S/C13H11IN2O2/c14-12-6-10(8-16-17)3-4-13(12)18-9-11-2-1-5-15-7-11/h1-8,17H,9H2/b16-8+. The van der Waals surface area contributed by atoms with E-state index in [0.29, 0.717) is 6.61 Å². The van der Waals surface area contributed by atoms with Gasteiger partial charge in [-0.2, -0.15) is 0 Å². The van der Waals surface area contributed by atoms with Crippen molar-refractivity contribution in [1.82, 2.24) is 4.98 Å². The van der Waals surface area contributed by atoms with Crippen LogP contribution in [-0.4, -0.2) is 16.4 Å². The number of oxime groups is 1. The van der Waals surface area contributed by atoms with Crippen LogP contribution in [0.4, 0.5) is 0 Å². The fourth-order valence-electron chi connectivity index (χ4n) is 1.43. The molecule has 1 heterocycles. The van der Waals surface area contributed by atoms with Gasteiger partial charge < -0.3 is 9.94 Å². The number of ether oxygens (including phenoxy) is 1. The Labute approximate surface area is 118 Å². The van der Waals surface area contributed by atoms with E-state index in [1.165, 1.54) is 6.21 Å². The Bertz CT molecular complexity index is 544. The maximum atomic E-state index is 8.46. The third kappa shape index (κ3) is 3.43. The predicted octanol–water partition coefficient (Wildman–Crippen LogP) is 3.07. The minimum atomic E-state index is 0.483. The molecule has 1 N–H and O–H groups in total. The zero-order valence-corrected chi connectivity index (χ0v) is 11.6. The van der Waals surface area contributed by atoms with E-state index >= 15 is 0 Å². The van der Waals surface area contributed by atoms with Gasteiger partial charge in [0.25, 0.3) is 0 Å². The van der Waals surface area contributed by atoms with Crippen LogP contribution in [0.5, 0.6) is 5.75 Å². The van der Waals surface area contributed by atoms with Crippen LogP contribution < -0.4 is 4.74 Å². The van der Waals surface area contributed by atoms with E-state index in [2.05, 4.69) is 32.7 Å².